The highest BCUT2D eigenvalue weighted by Crippen LogP contribution is 2.16. The van der Waals surface area contributed by atoms with E-state index < -0.39 is 260 Å². The van der Waals surface area contributed by atoms with Crippen molar-refractivity contribution >= 4 is 136 Å². The fourth-order valence-electron chi connectivity index (χ4n) is 11.6. The molecule has 0 saturated carbocycles. The first-order valence-electron chi connectivity index (χ1n) is 40.4. The van der Waals surface area contributed by atoms with Gasteiger partial charge in [0.1, 0.15) is 84.6 Å². The minimum absolute atomic E-state index is 0.00518. The van der Waals surface area contributed by atoms with E-state index in [0.717, 1.165) is 6.92 Å². The molecular formula is C75H130N26O22S. The maximum Gasteiger partial charge on any atom is 0.245 e. The number of hydrogen-bond donors (Lipinski definition) is 26. The van der Waals surface area contributed by atoms with Crippen molar-refractivity contribution in [3.05, 3.63) is 18.2 Å². The Bertz CT molecular complexity index is 3830. The molecule has 1 aromatic heterocycles. The van der Waals surface area contributed by atoms with Gasteiger partial charge in [-0.2, -0.15) is 11.8 Å². The van der Waals surface area contributed by atoms with Gasteiger partial charge in [0.2, 0.25) is 118 Å². The molecule has 20 amide bonds. The molecular weight excluding hydrogens is 1650 g/mol. The van der Waals surface area contributed by atoms with Crippen LogP contribution in [-0.2, 0) is 102 Å². The van der Waals surface area contributed by atoms with Crippen LogP contribution in [0.15, 0.2) is 17.5 Å². The van der Waals surface area contributed by atoms with Crippen LogP contribution in [0, 0.1) is 23.7 Å². The van der Waals surface area contributed by atoms with Gasteiger partial charge in [-0.3, -0.25) is 101 Å². The van der Waals surface area contributed by atoms with Gasteiger partial charge in [-0.25, -0.2) is 4.98 Å². The molecule has 0 radical (unpaired) electrons. The Morgan fingerprint density at radius 2 is 0.847 bits per heavy atom. The summed E-state index contributed by atoms with van der Waals surface area (Å²) < 4.78 is 0. The summed E-state index contributed by atoms with van der Waals surface area (Å²) in [6, 6.07) is -22.1. The summed E-state index contributed by atoms with van der Waals surface area (Å²) in [5, 5.41) is 59.4. The molecule has 0 spiro atoms. The van der Waals surface area contributed by atoms with Gasteiger partial charge in [-0.15, -0.1) is 0 Å². The molecule has 698 valence electrons. The largest absolute Gasteiger partial charge is 0.394 e. The van der Waals surface area contributed by atoms with E-state index in [1.807, 2.05) is 0 Å². The lowest BCUT2D eigenvalue weighted by atomic mass is 9.96. The molecule has 124 heavy (non-hydrogen) atoms. The zero-order valence-electron chi connectivity index (χ0n) is 72.3. The van der Waals surface area contributed by atoms with Crippen molar-refractivity contribution in [2.45, 2.75) is 263 Å². The smallest absolute Gasteiger partial charge is 0.245 e. The highest BCUT2D eigenvalue weighted by Gasteiger charge is 2.39. The Hall–Kier alpha value is -11.9. The third-order valence-corrected chi connectivity index (χ3v) is 19.3. The zero-order chi connectivity index (χ0) is 94.5. The predicted molar refractivity (Wildman–Crippen MR) is 450 cm³/mol. The summed E-state index contributed by atoms with van der Waals surface area (Å²) in [7, 11) is 0. The minimum Gasteiger partial charge on any atom is -0.394 e. The summed E-state index contributed by atoms with van der Waals surface area (Å²) in [5.74, 6) is -20.5. The number of aliphatic imine (C=N–C) groups is 1. The normalized spacial score (nSPS) is 15.2. The molecule has 1 rings (SSSR count). The van der Waals surface area contributed by atoms with Crippen LogP contribution in [0.25, 0.3) is 0 Å². The van der Waals surface area contributed by atoms with Crippen molar-refractivity contribution in [1.29, 1.82) is 0 Å². The van der Waals surface area contributed by atoms with E-state index in [9.17, 15) is 106 Å². The maximum absolute atomic E-state index is 14.2. The lowest BCUT2D eigenvalue weighted by Gasteiger charge is -2.29. The SMILES string of the molecule is CC[C@H](C)[C@H](NC(=O)CNC(=O)[C@H](C)NC(=O)[C@H](C)NC(=O)[C@H](Cc1cnc[nH]1)NC(=O)[C@H](CC(N)=O)NC(=O)CNC(=O)[C@H](CO)NC(=O)[C@H](C)NC(=O)[C@H](CCC(N)=O)NC(=O)[C@H](CC(C)C)NC(=O)[C@H](CC(C)C)NC(=O)[C@H](CCCN=C(N)N)NC(=O)[C@@H](N)CCC(N)=O)C(=O)N[C@@H](CC(C)C)C(=O)N[C@H](C(=O)N[C@@H](CCSC)C(N)=O)[C@@H](C)O. The average Bonchev–Trinajstić information content (AvgIpc) is 0.932. The van der Waals surface area contributed by atoms with Gasteiger partial charge in [-0.05, 0) is 115 Å². The first kappa shape index (κ1) is 110. The van der Waals surface area contributed by atoms with Gasteiger partial charge in [0.25, 0.3) is 0 Å². The summed E-state index contributed by atoms with van der Waals surface area (Å²) >= 11 is 1.39. The standard InChI is InChI=1S/C75H130N26O22S/c1-14-37(8)58(73(122)98-49(26-36(6)7)72(121)101-59(41(12)103)74(123)92-44(60(80)109)21-23-124-13)100-57(108)31-85-61(110)38(9)88-62(111)39(10)90-68(117)50(27-42-29-83-33-87-42)97-71(120)51(28-55(79)106)91-56(107)30-86-65(114)52(32-102)99-63(112)40(11)89-66(115)46(18-20-54(78)105)94-69(118)47(24-34(2)3)96-70(119)48(25-35(4)5)95-67(116)45(16-15-22-84-75(81)82)93-64(113)43(76)17-19-53(77)104/h29,33-41,43-52,58-59,102-103H,14-28,30-32,76H2,1-13H3,(H2,77,104)(H2,78,105)(H2,79,106)(H2,80,109)(H,83,87)(H,85,110)(H,86,114)(H,88,111)(H,89,115)(H,90,117)(H,91,107)(H,92,123)(H,93,113)(H,94,118)(H,95,116)(H,96,119)(H,97,120)(H,98,122)(H,99,112)(H,100,108)(H,101,121)(H4,81,82,84)/t37-,38-,39-,40-,41+,43-,44-,45-,46-,47-,48-,49-,50-,51-,52-,58-,59-/m0/s1. The first-order chi connectivity index (χ1) is 57.9. The maximum atomic E-state index is 14.2. The molecule has 0 aromatic carbocycles. The molecule has 48 nitrogen and oxygen atoms in total. The Morgan fingerprint density at radius 1 is 0.435 bits per heavy atom. The molecule has 33 N–H and O–H groups in total. The minimum atomic E-state index is -1.87. The number of thioether (sulfide) groups is 1. The topological polar surface area (TPSA) is 798 Å². The van der Waals surface area contributed by atoms with Crippen molar-refractivity contribution in [2.24, 2.45) is 68.8 Å². The molecule has 0 aliphatic rings. The third kappa shape index (κ3) is 43.2. The van der Waals surface area contributed by atoms with E-state index in [-0.39, 0.29) is 93.7 Å². The van der Waals surface area contributed by atoms with E-state index in [1.54, 1.807) is 61.6 Å². The number of nitrogens with zero attached hydrogens (tertiary/aromatic N) is 2. The Morgan fingerprint density at radius 3 is 1.32 bits per heavy atom. The fraction of sp³-hybridized carbons (Fsp3) is 0.680. The van der Waals surface area contributed by atoms with Crippen LogP contribution in [0.5, 0.6) is 0 Å². The molecule has 17 atom stereocenters. The van der Waals surface area contributed by atoms with Crippen molar-refractivity contribution in [3.63, 3.8) is 0 Å². The number of hydrogen-bond acceptors (Lipinski definition) is 26. The molecule has 1 aromatic rings. The van der Waals surface area contributed by atoms with Crippen LogP contribution in [0.2, 0.25) is 0 Å². The second kappa shape index (κ2) is 56.7. The van der Waals surface area contributed by atoms with Crippen molar-refractivity contribution in [2.75, 3.05) is 38.2 Å². The number of nitrogens with one attached hydrogen (secondary N) is 17. The summed E-state index contributed by atoms with van der Waals surface area (Å²) in [6.07, 6.45) is 0.751. The van der Waals surface area contributed by atoms with Crippen molar-refractivity contribution in [3.8, 4) is 0 Å². The van der Waals surface area contributed by atoms with Crippen LogP contribution in [-0.4, -0.2) is 279 Å². The number of aliphatic hydroxyl groups is 2. The Balaban J connectivity index is 3.23. The van der Waals surface area contributed by atoms with Crippen LogP contribution in [0.1, 0.15) is 166 Å². The molecule has 0 saturated heterocycles. The zero-order valence-corrected chi connectivity index (χ0v) is 73.1. The third-order valence-electron chi connectivity index (χ3n) is 18.7. The second-order valence-corrected chi connectivity index (χ2v) is 32.2. The van der Waals surface area contributed by atoms with Gasteiger partial charge < -0.3 is 140 Å². The monoisotopic (exact) mass is 1780 g/mol. The number of aliphatic hydroxyl groups excluding tert-OH is 2. The van der Waals surface area contributed by atoms with Gasteiger partial charge in [0.15, 0.2) is 5.96 Å². The second-order valence-electron chi connectivity index (χ2n) is 31.2. The van der Waals surface area contributed by atoms with Crippen molar-refractivity contribution in [1.82, 2.24) is 95.0 Å². The number of primary amides is 4. The van der Waals surface area contributed by atoms with E-state index in [2.05, 4.69) is 100 Å². The number of amides is 20. The van der Waals surface area contributed by atoms with Gasteiger partial charge >= 0.3 is 0 Å². The molecule has 49 heteroatoms. The number of guanidine groups is 1. The Labute approximate surface area is 722 Å². The number of carbonyl (C=O) groups excluding carboxylic acids is 20. The number of aromatic nitrogens is 2. The highest BCUT2D eigenvalue weighted by molar-refractivity contribution is 7.98. The fourth-order valence-corrected chi connectivity index (χ4v) is 12.1. The lowest BCUT2D eigenvalue weighted by Crippen LogP contribution is -2.61. The number of carbonyl (C=O) groups is 20. The van der Waals surface area contributed by atoms with Gasteiger partial charge in [0, 0.05) is 37.7 Å². The molecule has 0 aliphatic carbocycles. The van der Waals surface area contributed by atoms with E-state index in [4.69, 9.17) is 40.1 Å². The quantitative estimate of drug-likeness (QED) is 0.0164. The lowest BCUT2D eigenvalue weighted by molar-refractivity contribution is -0.136. The average molecular weight is 1780 g/mol. The van der Waals surface area contributed by atoms with Crippen LogP contribution >= 0.6 is 11.8 Å². The van der Waals surface area contributed by atoms with Gasteiger partial charge in [-0.1, -0.05) is 61.8 Å². The number of aromatic amines is 1. The first-order valence-corrected chi connectivity index (χ1v) is 41.8. The highest BCUT2D eigenvalue weighted by atomic mass is 32.2. The molecule has 0 bridgehead atoms. The molecule has 0 aliphatic heterocycles. The van der Waals surface area contributed by atoms with Crippen LogP contribution < -0.4 is 125 Å². The van der Waals surface area contributed by atoms with Gasteiger partial charge in [0.05, 0.1) is 44.6 Å². The van der Waals surface area contributed by atoms with E-state index >= 15 is 0 Å². The molecule has 1 heterocycles. The number of nitrogens with two attached hydrogens (primary N) is 7. The number of imidazole rings is 1. The summed E-state index contributed by atoms with van der Waals surface area (Å²) in [6.45, 7) is 15.7. The number of rotatable bonds is 60. The Kier molecular flexibility index (Phi) is 50.4. The van der Waals surface area contributed by atoms with Crippen LogP contribution in [0.4, 0.5) is 0 Å². The van der Waals surface area contributed by atoms with Crippen LogP contribution in [0.3, 0.4) is 0 Å². The molecule has 0 unspecified atom stereocenters. The van der Waals surface area contributed by atoms with Crippen molar-refractivity contribution < 1.29 is 106 Å². The summed E-state index contributed by atoms with van der Waals surface area (Å²) in [4.78, 5) is 277. The van der Waals surface area contributed by atoms with E-state index in [1.165, 1.54) is 45.1 Å². The number of H-pyrrole nitrogens is 1. The predicted octanol–water partition coefficient (Wildman–Crippen LogP) is -10.4. The molecule has 0 fully saturated rings. The summed E-state index contributed by atoms with van der Waals surface area (Å²) in [5.41, 5.74) is 38.7. The van der Waals surface area contributed by atoms with E-state index in [0.29, 0.717) is 12.2 Å².